The summed E-state index contributed by atoms with van der Waals surface area (Å²) in [5, 5.41) is 12.0. The van der Waals surface area contributed by atoms with E-state index in [0.717, 1.165) is 52.2 Å². The zero-order valence-corrected chi connectivity index (χ0v) is 13.3. The summed E-state index contributed by atoms with van der Waals surface area (Å²) in [4.78, 5) is 4.73. The summed E-state index contributed by atoms with van der Waals surface area (Å²) in [6.07, 6.45) is 1.91. The van der Waals surface area contributed by atoms with Crippen LogP contribution in [0, 0.1) is 0 Å². The van der Waals surface area contributed by atoms with Crippen LogP contribution in [0.1, 0.15) is 19.8 Å². The predicted molar refractivity (Wildman–Crippen MR) is 82.8 cm³/mol. The molecule has 1 aliphatic heterocycles. The second-order valence-corrected chi connectivity index (χ2v) is 5.29. The maximum atomic E-state index is 8.83. The topological polar surface area (TPSA) is 83.6 Å². The van der Waals surface area contributed by atoms with Gasteiger partial charge in [-0.1, -0.05) is 12.1 Å². The van der Waals surface area contributed by atoms with Crippen LogP contribution in [-0.2, 0) is 9.47 Å². The van der Waals surface area contributed by atoms with Gasteiger partial charge in [0.05, 0.1) is 19.3 Å². The van der Waals surface area contributed by atoms with Crippen molar-refractivity contribution >= 4 is 5.84 Å². The van der Waals surface area contributed by atoms with Gasteiger partial charge in [0.1, 0.15) is 0 Å². The van der Waals surface area contributed by atoms with E-state index >= 15 is 0 Å². The third kappa shape index (κ3) is 6.60. The normalized spacial score (nSPS) is 19.8. The molecule has 21 heavy (non-hydrogen) atoms. The molecule has 1 heterocycles. The Morgan fingerprint density at radius 1 is 1.24 bits per heavy atom. The molecular formula is C14H30N4O3. The zero-order chi connectivity index (χ0) is 15.5. The molecule has 0 aromatic rings. The Morgan fingerprint density at radius 2 is 1.95 bits per heavy atom. The molecule has 0 spiro atoms. The lowest BCUT2D eigenvalue weighted by Crippen LogP contribution is -2.54. The van der Waals surface area contributed by atoms with E-state index in [1.54, 1.807) is 7.11 Å². The van der Waals surface area contributed by atoms with Crippen molar-refractivity contribution in [1.82, 2.24) is 9.80 Å². The Labute approximate surface area is 127 Å². The van der Waals surface area contributed by atoms with Gasteiger partial charge in [0.25, 0.3) is 0 Å². The van der Waals surface area contributed by atoms with Gasteiger partial charge in [-0.15, -0.1) is 0 Å². The molecule has 0 bridgehead atoms. The van der Waals surface area contributed by atoms with Gasteiger partial charge in [-0.25, -0.2) is 0 Å². The van der Waals surface area contributed by atoms with Crippen LogP contribution in [0.3, 0.4) is 0 Å². The first kappa shape index (κ1) is 18.2. The van der Waals surface area contributed by atoms with Crippen LogP contribution in [0.5, 0.6) is 0 Å². The fourth-order valence-electron chi connectivity index (χ4n) is 2.65. The van der Waals surface area contributed by atoms with Crippen LogP contribution in [-0.4, -0.2) is 86.5 Å². The Balaban J connectivity index is 2.17. The highest BCUT2D eigenvalue weighted by Gasteiger charge is 2.25. The minimum Gasteiger partial charge on any atom is -0.409 e. The monoisotopic (exact) mass is 302 g/mol. The van der Waals surface area contributed by atoms with E-state index in [2.05, 4.69) is 21.9 Å². The Hall–Kier alpha value is -0.890. The molecule has 7 heteroatoms. The molecule has 0 aromatic heterocycles. The fraction of sp³-hybridized carbons (Fsp3) is 0.929. The second kappa shape index (κ2) is 10.8. The maximum Gasteiger partial charge on any atom is 0.156 e. The number of oxime groups is 1. The van der Waals surface area contributed by atoms with E-state index in [4.69, 9.17) is 20.4 Å². The largest absolute Gasteiger partial charge is 0.409 e. The van der Waals surface area contributed by atoms with Crippen molar-refractivity contribution in [3.05, 3.63) is 0 Å². The first-order chi connectivity index (χ1) is 10.2. The zero-order valence-electron chi connectivity index (χ0n) is 13.3. The summed E-state index contributed by atoms with van der Waals surface area (Å²) in [5.74, 6) is 0.317. The van der Waals surface area contributed by atoms with Crippen molar-refractivity contribution in [3.8, 4) is 0 Å². The number of amidine groups is 1. The number of hydrogen-bond donors (Lipinski definition) is 2. The summed E-state index contributed by atoms with van der Waals surface area (Å²) < 4.78 is 10.4. The van der Waals surface area contributed by atoms with Gasteiger partial charge in [-0.2, -0.15) is 0 Å². The smallest absolute Gasteiger partial charge is 0.156 e. The molecule has 124 valence electrons. The maximum absolute atomic E-state index is 8.83. The number of nitrogens with two attached hydrogens (primary N) is 1. The van der Waals surface area contributed by atoms with Crippen LogP contribution >= 0.6 is 0 Å². The van der Waals surface area contributed by atoms with Crippen LogP contribution in [0.25, 0.3) is 0 Å². The first-order valence-corrected chi connectivity index (χ1v) is 7.73. The van der Waals surface area contributed by atoms with Crippen LogP contribution in [0.2, 0.25) is 0 Å². The molecule has 1 unspecified atom stereocenters. The van der Waals surface area contributed by atoms with E-state index in [0.29, 0.717) is 19.0 Å². The number of ether oxygens (including phenoxy) is 2. The second-order valence-electron chi connectivity index (χ2n) is 5.29. The lowest BCUT2D eigenvalue weighted by Gasteiger charge is -2.38. The predicted octanol–water partition coefficient (Wildman–Crippen LogP) is 0.182. The SMILES string of the molecule is CCC(C(N)=NO)N1CCN(CCCOCCOC)CC1. The molecule has 1 fully saturated rings. The van der Waals surface area contributed by atoms with Gasteiger partial charge in [0.15, 0.2) is 5.84 Å². The highest BCUT2D eigenvalue weighted by molar-refractivity contribution is 5.85. The number of methoxy groups -OCH3 is 1. The van der Waals surface area contributed by atoms with Crippen LogP contribution < -0.4 is 5.73 Å². The molecule has 1 aliphatic rings. The van der Waals surface area contributed by atoms with Gasteiger partial charge < -0.3 is 25.3 Å². The van der Waals surface area contributed by atoms with E-state index < -0.39 is 0 Å². The summed E-state index contributed by atoms with van der Waals surface area (Å²) in [6.45, 7) is 9.19. The molecule has 0 amide bonds. The number of piperazine rings is 1. The molecule has 1 rings (SSSR count). The van der Waals surface area contributed by atoms with E-state index in [1.807, 2.05) is 0 Å². The third-order valence-electron chi connectivity index (χ3n) is 3.89. The van der Waals surface area contributed by atoms with Gasteiger partial charge >= 0.3 is 0 Å². The minimum atomic E-state index is 0.0505. The lowest BCUT2D eigenvalue weighted by molar-refractivity contribution is 0.0593. The number of hydrogen-bond acceptors (Lipinski definition) is 6. The van der Waals surface area contributed by atoms with E-state index in [-0.39, 0.29) is 6.04 Å². The summed E-state index contributed by atoms with van der Waals surface area (Å²) in [7, 11) is 1.68. The number of rotatable bonds is 10. The first-order valence-electron chi connectivity index (χ1n) is 7.73. The van der Waals surface area contributed by atoms with E-state index in [9.17, 15) is 0 Å². The molecule has 0 aliphatic carbocycles. The summed E-state index contributed by atoms with van der Waals surface area (Å²) in [5.41, 5.74) is 5.75. The number of nitrogens with zero attached hydrogens (tertiary/aromatic N) is 3. The Kier molecular flexibility index (Phi) is 9.32. The molecule has 7 nitrogen and oxygen atoms in total. The highest BCUT2D eigenvalue weighted by atomic mass is 16.5. The fourth-order valence-corrected chi connectivity index (χ4v) is 2.65. The van der Waals surface area contributed by atoms with Crippen LogP contribution in [0.15, 0.2) is 5.16 Å². The van der Waals surface area contributed by atoms with Crippen molar-refractivity contribution in [2.45, 2.75) is 25.8 Å². The van der Waals surface area contributed by atoms with Gasteiger partial charge in [0, 0.05) is 46.4 Å². The third-order valence-corrected chi connectivity index (χ3v) is 3.89. The molecule has 3 N–H and O–H groups in total. The van der Waals surface area contributed by atoms with E-state index in [1.165, 1.54) is 0 Å². The van der Waals surface area contributed by atoms with Crippen LogP contribution in [0.4, 0.5) is 0 Å². The van der Waals surface area contributed by atoms with Crippen molar-refractivity contribution in [2.24, 2.45) is 10.9 Å². The van der Waals surface area contributed by atoms with Crippen molar-refractivity contribution < 1.29 is 14.7 Å². The van der Waals surface area contributed by atoms with Gasteiger partial charge in [0.2, 0.25) is 0 Å². The van der Waals surface area contributed by atoms with Crippen molar-refractivity contribution in [1.29, 1.82) is 0 Å². The minimum absolute atomic E-state index is 0.0505. The molecule has 0 radical (unpaired) electrons. The summed E-state index contributed by atoms with van der Waals surface area (Å²) in [6, 6.07) is 0.0505. The lowest BCUT2D eigenvalue weighted by atomic mass is 10.1. The molecule has 1 saturated heterocycles. The van der Waals surface area contributed by atoms with Gasteiger partial charge in [-0.05, 0) is 12.8 Å². The van der Waals surface area contributed by atoms with Gasteiger partial charge in [-0.3, -0.25) is 4.90 Å². The van der Waals surface area contributed by atoms with Crippen molar-refractivity contribution in [3.63, 3.8) is 0 Å². The molecular weight excluding hydrogens is 272 g/mol. The Bertz CT molecular complexity index is 294. The quantitative estimate of drug-likeness (QED) is 0.197. The molecule has 0 aromatic carbocycles. The average Bonchev–Trinajstić information content (AvgIpc) is 2.52. The molecule has 1 atom stereocenters. The average molecular weight is 302 g/mol. The van der Waals surface area contributed by atoms with Crippen molar-refractivity contribution in [2.75, 3.05) is 59.7 Å². The standard InChI is InChI=1S/C14H30N4O3/c1-3-13(14(15)16-19)18-8-6-17(7-9-18)5-4-10-21-12-11-20-2/h13,19H,3-12H2,1-2H3,(H2,15,16). The highest BCUT2D eigenvalue weighted by Crippen LogP contribution is 2.10. The Morgan fingerprint density at radius 3 is 2.52 bits per heavy atom. The molecule has 0 saturated carbocycles. The summed E-state index contributed by atoms with van der Waals surface area (Å²) >= 11 is 0.